The van der Waals surface area contributed by atoms with Gasteiger partial charge in [0.15, 0.2) is 0 Å². The van der Waals surface area contributed by atoms with Gasteiger partial charge in [-0.15, -0.1) is 0 Å². The van der Waals surface area contributed by atoms with Gasteiger partial charge in [0.05, 0.1) is 0 Å². The van der Waals surface area contributed by atoms with Crippen molar-refractivity contribution >= 4 is 5.82 Å². The van der Waals surface area contributed by atoms with Crippen LogP contribution in [0.1, 0.15) is 37.8 Å². The molecule has 90 valence electrons. The Kier molecular flexibility index (Phi) is 5.26. The smallest absolute Gasteiger partial charge is 0.126 e. The lowest BCUT2D eigenvalue weighted by Crippen LogP contribution is -2.27. The fourth-order valence-electron chi connectivity index (χ4n) is 1.79. The molecule has 0 spiro atoms. The minimum atomic E-state index is 0.541. The van der Waals surface area contributed by atoms with Crippen LogP contribution >= 0.6 is 0 Å². The van der Waals surface area contributed by atoms with Crippen molar-refractivity contribution in [1.82, 2.24) is 10.3 Å². The number of nitrogens with one attached hydrogen (secondary N) is 1. The number of nitrogen functional groups attached to an aromatic ring is 1. The third kappa shape index (κ3) is 3.81. The molecule has 0 aliphatic heterocycles. The van der Waals surface area contributed by atoms with E-state index in [-0.39, 0.29) is 0 Å². The molecule has 0 aliphatic carbocycles. The van der Waals surface area contributed by atoms with Crippen molar-refractivity contribution in [3.05, 3.63) is 23.4 Å². The summed E-state index contributed by atoms with van der Waals surface area (Å²) in [6.07, 6.45) is 5.06. The standard InChI is InChI=1S/C13H23N3/c1-4-8-15-11(3)5-6-12-10(2)7-9-16-13(12)14/h7,9,11,15H,4-6,8H2,1-3H3,(H2,14,16). The average molecular weight is 221 g/mol. The molecule has 0 saturated heterocycles. The molecule has 0 aromatic carbocycles. The van der Waals surface area contributed by atoms with Crippen LogP contribution in [0.4, 0.5) is 5.82 Å². The molecule has 0 bridgehead atoms. The van der Waals surface area contributed by atoms with Crippen LogP contribution in [0, 0.1) is 6.92 Å². The number of anilines is 1. The third-order valence-corrected chi connectivity index (χ3v) is 2.89. The van der Waals surface area contributed by atoms with Gasteiger partial charge in [-0.2, -0.15) is 0 Å². The molecule has 0 fully saturated rings. The number of aryl methyl sites for hydroxylation is 1. The molecule has 0 amide bonds. The predicted octanol–water partition coefficient (Wildman–Crippen LogP) is 2.29. The van der Waals surface area contributed by atoms with E-state index < -0.39 is 0 Å². The Morgan fingerprint density at radius 3 is 2.88 bits per heavy atom. The maximum atomic E-state index is 5.88. The molecule has 1 aromatic heterocycles. The molecule has 0 radical (unpaired) electrons. The first-order valence-electron chi connectivity index (χ1n) is 6.08. The maximum absolute atomic E-state index is 5.88. The Balaban J connectivity index is 2.48. The molecule has 0 aliphatic rings. The van der Waals surface area contributed by atoms with Gasteiger partial charge in [-0.1, -0.05) is 6.92 Å². The molecule has 1 aromatic rings. The van der Waals surface area contributed by atoms with Gasteiger partial charge in [0, 0.05) is 12.2 Å². The molecule has 3 heteroatoms. The maximum Gasteiger partial charge on any atom is 0.126 e. The molecule has 1 rings (SSSR count). The highest BCUT2D eigenvalue weighted by Crippen LogP contribution is 2.16. The van der Waals surface area contributed by atoms with E-state index in [1.54, 1.807) is 6.20 Å². The average Bonchev–Trinajstić information content (AvgIpc) is 2.25. The second kappa shape index (κ2) is 6.48. The van der Waals surface area contributed by atoms with E-state index in [1.165, 1.54) is 17.5 Å². The quantitative estimate of drug-likeness (QED) is 0.775. The van der Waals surface area contributed by atoms with Crippen molar-refractivity contribution in [2.45, 2.75) is 46.1 Å². The second-order valence-electron chi connectivity index (χ2n) is 4.39. The number of nitrogens with zero attached hydrogens (tertiary/aromatic N) is 1. The Morgan fingerprint density at radius 1 is 1.50 bits per heavy atom. The Hall–Kier alpha value is -1.09. The van der Waals surface area contributed by atoms with Crippen molar-refractivity contribution < 1.29 is 0 Å². The zero-order valence-corrected chi connectivity index (χ0v) is 10.6. The number of nitrogens with two attached hydrogens (primary N) is 1. The van der Waals surface area contributed by atoms with E-state index in [0.29, 0.717) is 11.9 Å². The normalized spacial score (nSPS) is 12.7. The second-order valence-corrected chi connectivity index (χ2v) is 4.39. The summed E-state index contributed by atoms with van der Waals surface area (Å²) in [5.74, 6) is 0.683. The van der Waals surface area contributed by atoms with Crippen LogP contribution in [-0.4, -0.2) is 17.6 Å². The first-order chi connectivity index (χ1) is 7.65. The molecule has 1 unspecified atom stereocenters. The minimum absolute atomic E-state index is 0.541. The molecule has 1 heterocycles. The van der Waals surface area contributed by atoms with Gasteiger partial charge in [-0.3, -0.25) is 0 Å². The molecule has 3 N–H and O–H groups in total. The summed E-state index contributed by atoms with van der Waals surface area (Å²) in [4.78, 5) is 4.14. The zero-order valence-electron chi connectivity index (χ0n) is 10.6. The highest BCUT2D eigenvalue weighted by atomic mass is 14.9. The highest BCUT2D eigenvalue weighted by molar-refractivity contribution is 5.43. The summed E-state index contributed by atoms with van der Waals surface area (Å²) in [6.45, 7) is 7.58. The van der Waals surface area contributed by atoms with Crippen LogP contribution in [-0.2, 0) is 6.42 Å². The summed E-state index contributed by atoms with van der Waals surface area (Å²) in [6, 6.07) is 2.56. The minimum Gasteiger partial charge on any atom is -0.383 e. The summed E-state index contributed by atoms with van der Waals surface area (Å²) in [5, 5.41) is 3.48. The van der Waals surface area contributed by atoms with E-state index in [2.05, 4.69) is 31.1 Å². The fourth-order valence-corrected chi connectivity index (χ4v) is 1.79. The number of hydrogen-bond donors (Lipinski definition) is 2. The van der Waals surface area contributed by atoms with E-state index in [9.17, 15) is 0 Å². The summed E-state index contributed by atoms with van der Waals surface area (Å²) < 4.78 is 0. The molecule has 0 saturated carbocycles. The monoisotopic (exact) mass is 221 g/mol. The van der Waals surface area contributed by atoms with Gasteiger partial charge >= 0.3 is 0 Å². The molecular weight excluding hydrogens is 198 g/mol. The van der Waals surface area contributed by atoms with Gasteiger partial charge < -0.3 is 11.1 Å². The van der Waals surface area contributed by atoms with Gasteiger partial charge in [0.2, 0.25) is 0 Å². The lowest BCUT2D eigenvalue weighted by molar-refractivity contribution is 0.513. The Morgan fingerprint density at radius 2 is 2.25 bits per heavy atom. The fraction of sp³-hybridized carbons (Fsp3) is 0.615. The number of pyridine rings is 1. The van der Waals surface area contributed by atoms with Crippen molar-refractivity contribution in [2.75, 3.05) is 12.3 Å². The topological polar surface area (TPSA) is 50.9 Å². The first kappa shape index (κ1) is 13.0. The van der Waals surface area contributed by atoms with Crippen LogP contribution in [0.5, 0.6) is 0 Å². The largest absolute Gasteiger partial charge is 0.383 e. The lowest BCUT2D eigenvalue weighted by Gasteiger charge is -2.14. The Bertz CT molecular complexity index is 303. The first-order valence-corrected chi connectivity index (χ1v) is 6.08. The van der Waals surface area contributed by atoms with Gasteiger partial charge in [0.25, 0.3) is 0 Å². The molecular formula is C13H23N3. The number of rotatable bonds is 6. The van der Waals surface area contributed by atoms with Crippen LogP contribution in [0.25, 0.3) is 0 Å². The lowest BCUT2D eigenvalue weighted by atomic mass is 10.0. The van der Waals surface area contributed by atoms with Crippen molar-refractivity contribution in [2.24, 2.45) is 0 Å². The van der Waals surface area contributed by atoms with Crippen molar-refractivity contribution in [1.29, 1.82) is 0 Å². The predicted molar refractivity (Wildman–Crippen MR) is 69.5 cm³/mol. The van der Waals surface area contributed by atoms with Crippen LogP contribution in [0.3, 0.4) is 0 Å². The van der Waals surface area contributed by atoms with Gasteiger partial charge in [-0.25, -0.2) is 4.98 Å². The van der Waals surface area contributed by atoms with Crippen molar-refractivity contribution in [3.8, 4) is 0 Å². The number of aromatic nitrogens is 1. The number of hydrogen-bond acceptors (Lipinski definition) is 3. The highest BCUT2D eigenvalue weighted by Gasteiger charge is 2.06. The summed E-state index contributed by atoms with van der Waals surface area (Å²) in [7, 11) is 0. The van der Waals surface area contributed by atoms with E-state index in [0.717, 1.165) is 19.4 Å². The van der Waals surface area contributed by atoms with E-state index in [1.807, 2.05) is 6.07 Å². The third-order valence-electron chi connectivity index (χ3n) is 2.89. The Labute approximate surface area is 98.5 Å². The molecule has 16 heavy (non-hydrogen) atoms. The van der Waals surface area contributed by atoms with Gasteiger partial charge in [0.1, 0.15) is 5.82 Å². The van der Waals surface area contributed by atoms with Crippen LogP contribution < -0.4 is 11.1 Å². The molecule has 3 nitrogen and oxygen atoms in total. The van der Waals surface area contributed by atoms with Crippen LogP contribution in [0.15, 0.2) is 12.3 Å². The SMILES string of the molecule is CCCNC(C)CCc1c(C)ccnc1N. The summed E-state index contributed by atoms with van der Waals surface area (Å²) >= 11 is 0. The van der Waals surface area contributed by atoms with Crippen LogP contribution in [0.2, 0.25) is 0 Å². The summed E-state index contributed by atoms with van der Waals surface area (Å²) in [5.41, 5.74) is 8.32. The zero-order chi connectivity index (χ0) is 12.0. The molecule has 1 atom stereocenters. The van der Waals surface area contributed by atoms with E-state index >= 15 is 0 Å². The van der Waals surface area contributed by atoms with Gasteiger partial charge in [-0.05, 0) is 56.8 Å². The van der Waals surface area contributed by atoms with E-state index in [4.69, 9.17) is 5.73 Å². The van der Waals surface area contributed by atoms with Crippen molar-refractivity contribution in [3.63, 3.8) is 0 Å².